The second-order valence-electron chi connectivity index (χ2n) is 12.4. The van der Waals surface area contributed by atoms with E-state index in [9.17, 15) is 0 Å². The molecule has 1 heterocycles. The topological polar surface area (TPSA) is 13.1 Å². The van der Waals surface area contributed by atoms with Crippen molar-refractivity contribution in [2.75, 3.05) is 0 Å². The molecule has 0 saturated heterocycles. The summed E-state index contributed by atoms with van der Waals surface area (Å²) in [7, 11) is 0. The van der Waals surface area contributed by atoms with Gasteiger partial charge in [0, 0.05) is 10.8 Å². The first-order valence-corrected chi connectivity index (χ1v) is 16.2. The lowest BCUT2D eigenvalue weighted by Crippen LogP contribution is -1.92. The first-order valence-electron chi connectivity index (χ1n) is 16.2. The second kappa shape index (κ2) is 10.2. The zero-order valence-electron chi connectivity index (χ0n) is 25.6. The van der Waals surface area contributed by atoms with Crippen LogP contribution >= 0.6 is 0 Å². The van der Waals surface area contributed by atoms with Crippen LogP contribution in [0.5, 0.6) is 0 Å². The third-order valence-corrected chi connectivity index (χ3v) is 9.85. The van der Waals surface area contributed by atoms with E-state index in [1.165, 1.54) is 70.9 Å². The van der Waals surface area contributed by atoms with Gasteiger partial charge >= 0.3 is 0 Å². The third-order valence-electron chi connectivity index (χ3n) is 9.85. The highest BCUT2D eigenvalue weighted by Crippen LogP contribution is 2.46. The van der Waals surface area contributed by atoms with Crippen molar-refractivity contribution in [2.24, 2.45) is 0 Å². The van der Waals surface area contributed by atoms with E-state index in [-0.39, 0.29) is 0 Å². The van der Waals surface area contributed by atoms with Crippen molar-refractivity contribution in [3.63, 3.8) is 0 Å². The van der Waals surface area contributed by atoms with E-state index in [0.717, 1.165) is 27.5 Å². The van der Waals surface area contributed by atoms with Gasteiger partial charge in [0.1, 0.15) is 11.2 Å². The maximum absolute atomic E-state index is 6.35. The molecule has 0 fully saturated rings. The van der Waals surface area contributed by atoms with Gasteiger partial charge in [-0.15, -0.1) is 0 Å². The van der Waals surface area contributed by atoms with Crippen molar-refractivity contribution in [2.45, 2.75) is 0 Å². The van der Waals surface area contributed by atoms with E-state index < -0.39 is 0 Å². The Hall–Kier alpha value is -6.18. The first kappa shape index (κ1) is 26.1. The standard InChI is InChI=1S/C46H28O/c1-2-14-33-29(11-1)12-9-20-34(33)31-24-23-30-13-10-21-41(42(30)27-31)46-39-18-5-3-16-37(39)45(38-17-4-6-19-40(38)46)32-25-26-36-35-15-7-8-22-43(35)47-44(36)28-32/h1-28H. The molecule has 1 aromatic heterocycles. The quantitative estimate of drug-likeness (QED) is 0.185. The molecule has 0 bridgehead atoms. The van der Waals surface area contributed by atoms with E-state index in [0.29, 0.717) is 0 Å². The van der Waals surface area contributed by atoms with Crippen LogP contribution in [0.2, 0.25) is 0 Å². The third kappa shape index (κ3) is 3.97. The Morgan fingerprint density at radius 3 is 1.55 bits per heavy atom. The lowest BCUT2D eigenvalue weighted by atomic mass is 9.84. The molecule has 0 unspecified atom stereocenters. The van der Waals surface area contributed by atoms with E-state index in [4.69, 9.17) is 4.42 Å². The molecule has 0 N–H and O–H groups in total. The molecular formula is C46H28O. The van der Waals surface area contributed by atoms with Crippen molar-refractivity contribution in [1.82, 2.24) is 0 Å². The maximum Gasteiger partial charge on any atom is 0.136 e. The number of benzene rings is 9. The van der Waals surface area contributed by atoms with Crippen LogP contribution in [0.1, 0.15) is 0 Å². The highest BCUT2D eigenvalue weighted by Gasteiger charge is 2.19. The molecule has 9 aromatic carbocycles. The van der Waals surface area contributed by atoms with Gasteiger partial charge in [0.25, 0.3) is 0 Å². The highest BCUT2D eigenvalue weighted by molar-refractivity contribution is 6.24. The Morgan fingerprint density at radius 1 is 0.277 bits per heavy atom. The Morgan fingerprint density at radius 2 is 0.809 bits per heavy atom. The van der Waals surface area contributed by atoms with Crippen molar-refractivity contribution < 1.29 is 4.42 Å². The molecule has 1 heteroatoms. The summed E-state index contributed by atoms with van der Waals surface area (Å²) in [6.07, 6.45) is 0. The largest absolute Gasteiger partial charge is 0.456 e. The normalized spacial score (nSPS) is 11.8. The van der Waals surface area contributed by atoms with Crippen molar-refractivity contribution in [1.29, 1.82) is 0 Å². The van der Waals surface area contributed by atoms with Crippen molar-refractivity contribution >= 4 is 65.0 Å². The SMILES string of the molecule is c1ccc2c(-c3ccc4cccc(-c5c6ccccc6c(-c6ccc7c(c6)oc6ccccc67)c6ccccc56)c4c3)cccc2c1. The molecule has 0 atom stereocenters. The molecule has 0 aliphatic carbocycles. The first-order chi connectivity index (χ1) is 23.3. The Balaban J connectivity index is 1.26. The summed E-state index contributed by atoms with van der Waals surface area (Å²) in [5.74, 6) is 0. The van der Waals surface area contributed by atoms with Crippen LogP contribution in [-0.4, -0.2) is 0 Å². The summed E-state index contributed by atoms with van der Waals surface area (Å²) < 4.78 is 6.35. The summed E-state index contributed by atoms with van der Waals surface area (Å²) in [6, 6.07) is 61.6. The van der Waals surface area contributed by atoms with Crippen LogP contribution in [0, 0.1) is 0 Å². The number of furan rings is 1. The van der Waals surface area contributed by atoms with Crippen LogP contribution in [0.25, 0.3) is 98.4 Å². The van der Waals surface area contributed by atoms with Gasteiger partial charge in [-0.1, -0.05) is 146 Å². The number of hydrogen-bond donors (Lipinski definition) is 0. The van der Waals surface area contributed by atoms with E-state index in [1.54, 1.807) is 0 Å². The van der Waals surface area contributed by atoms with Gasteiger partial charge in [0.05, 0.1) is 0 Å². The second-order valence-corrected chi connectivity index (χ2v) is 12.4. The molecule has 0 amide bonds. The Bertz CT molecular complexity index is 2790. The molecule has 0 saturated carbocycles. The molecule has 0 radical (unpaired) electrons. The summed E-state index contributed by atoms with van der Waals surface area (Å²) in [6.45, 7) is 0. The molecule has 47 heavy (non-hydrogen) atoms. The summed E-state index contributed by atoms with van der Waals surface area (Å²) in [5, 5.41) is 12.3. The maximum atomic E-state index is 6.35. The zero-order valence-corrected chi connectivity index (χ0v) is 25.6. The minimum atomic E-state index is 0.913. The predicted octanol–water partition coefficient (Wildman–Crippen LogP) is 13.2. The fraction of sp³-hybridized carbons (Fsp3) is 0. The minimum Gasteiger partial charge on any atom is -0.456 e. The van der Waals surface area contributed by atoms with E-state index >= 15 is 0 Å². The fourth-order valence-electron chi connectivity index (χ4n) is 7.75. The van der Waals surface area contributed by atoms with E-state index in [2.05, 4.69) is 158 Å². The smallest absolute Gasteiger partial charge is 0.136 e. The number of para-hydroxylation sites is 1. The van der Waals surface area contributed by atoms with Gasteiger partial charge < -0.3 is 4.42 Å². The van der Waals surface area contributed by atoms with Crippen LogP contribution in [-0.2, 0) is 0 Å². The van der Waals surface area contributed by atoms with Gasteiger partial charge in [-0.05, 0) is 101 Å². The molecule has 0 spiro atoms. The molecule has 10 rings (SSSR count). The van der Waals surface area contributed by atoms with Crippen LogP contribution in [0.3, 0.4) is 0 Å². The zero-order chi connectivity index (χ0) is 30.9. The molecule has 0 aliphatic rings. The van der Waals surface area contributed by atoms with Crippen LogP contribution in [0.15, 0.2) is 174 Å². The van der Waals surface area contributed by atoms with E-state index in [1.807, 2.05) is 12.1 Å². The van der Waals surface area contributed by atoms with Crippen molar-refractivity contribution in [3.05, 3.63) is 170 Å². The monoisotopic (exact) mass is 596 g/mol. The highest BCUT2D eigenvalue weighted by atomic mass is 16.3. The molecule has 1 nitrogen and oxygen atoms in total. The Labute approximate surface area is 271 Å². The van der Waals surface area contributed by atoms with Gasteiger partial charge in [0.15, 0.2) is 0 Å². The summed E-state index contributed by atoms with van der Waals surface area (Å²) in [5.41, 5.74) is 9.23. The number of fused-ring (bicyclic) bond motifs is 7. The lowest BCUT2D eigenvalue weighted by molar-refractivity contribution is 0.669. The molecule has 10 aromatic rings. The molecular weight excluding hydrogens is 569 g/mol. The minimum absolute atomic E-state index is 0.913. The average Bonchev–Trinajstić information content (AvgIpc) is 3.51. The summed E-state index contributed by atoms with van der Waals surface area (Å²) in [4.78, 5) is 0. The Kier molecular flexibility index (Phi) is 5.64. The fourth-order valence-corrected chi connectivity index (χ4v) is 7.75. The van der Waals surface area contributed by atoms with Crippen LogP contribution < -0.4 is 0 Å². The number of hydrogen-bond acceptors (Lipinski definition) is 1. The van der Waals surface area contributed by atoms with Gasteiger partial charge in [-0.2, -0.15) is 0 Å². The van der Waals surface area contributed by atoms with Gasteiger partial charge in [-0.3, -0.25) is 0 Å². The molecule has 0 aliphatic heterocycles. The van der Waals surface area contributed by atoms with Gasteiger partial charge in [-0.25, -0.2) is 0 Å². The lowest BCUT2D eigenvalue weighted by Gasteiger charge is -2.19. The van der Waals surface area contributed by atoms with Gasteiger partial charge in [0.2, 0.25) is 0 Å². The predicted molar refractivity (Wildman–Crippen MR) is 200 cm³/mol. The average molecular weight is 597 g/mol. The van der Waals surface area contributed by atoms with Crippen LogP contribution in [0.4, 0.5) is 0 Å². The summed E-state index contributed by atoms with van der Waals surface area (Å²) >= 11 is 0. The van der Waals surface area contributed by atoms with Crippen molar-refractivity contribution in [3.8, 4) is 33.4 Å². The number of rotatable bonds is 3. The molecule has 218 valence electrons.